The summed E-state index contributed by atoms with van der Waals surface area (Å²) in [6.07, 6.45) is 4.64. The number of pyridine rings is 2. The van der Waals surface area contributed by atoms with Gasteiger partial charge < -0.3 is 9.47 Å². The van der Waals surface area contributed by atoms with Gasteiger partial charge in [0.05, 0.1) is 7.11 Å². The van der Waals surface area contributed by atoms with Gasteiger partial charge >= 0.3 is 0 Å². The van der Waals surface area contributed by atoms with Gasteiger partial charge in [0, 0.05) is 42.2 Å². The lowest BCUT2D eigenvalue weighted by atomic mass is 10.1. The molecule has 1 aromatic carbocycles. The molecule has 0 saturated heterocycles. The SMILES string of the molecule is COc1c(Cl)cncc1-c1cccnc1Oc1ccc(C(C)(F)F)cc1. The molecule has 0 N–H and O–H groups in total. The Kier molecular flexibility index (Phi) is 5.04. The van der Waals surface area contributed by atoms with Crippen LogP contribution in [0.4, 0.5) is 8.78 Å². The van der Waals surface area contributed by atoms with Crippen molar-refractivity contribution in [3.63, 3.8) is 0 Å². The summed E-state index contributed by atoms with van der Waals surface area (Å²) in [5.74, 6) is -1.80. The number of ether oxygens (including phenoxy) is 2. The van der Waals surface area contributed by atoms with Gasteiger partial charge in [0.2, 0.25) is 5.88 Å². The van der Waals surface area contributed by atoms with E-state index in [1.54, 1.807) is 24.5 Å². The summed E-state index contributed by atoms with van der Waals surface area (Å²) in [5.41, 5.74) is 1.14. The van der Waals surface area contributed by atoms with E-state index in [2.05, 4.69) is 9.97 Å². The maximum atomic E-state index is 13.3. The van der Waals surface area contributed by atoms with Crippen LogP contribution in [0, 0.1) is 0 Å². The van der Waals surface area contributed by atoms with E-state index in [-0.39, 0.29) is 11.4 Å². The predicted molar refractivity (Wildman–Crippen MR) is 95.1 cm³/mol. The second-order valence-electron chi connectivity index (χ2n) is 5.57. The minimum Gasteiger partial charge on any atom is -0.494 e. The minimum absolute atomic E-state index is 0.0909. The highest BCUT2D eigenvalue weighted by atomic mass is 35.5. The molecule has 0 atom stereocenters. The van der Waals surface area contributed by atoms with Gasteiger partial charge in [-0.1, -0.05) is 11.6 Å². The number of alkyl halides is 2. The van der Waals surface area contributed by atoms with Crippen LogP contribution >= 0.6 is 11.6 Å². The van der Waals surface area contributed by atoms with Crippen LogP contribution in [0.15, 0.2) is 55.0 Å². The number of rotatable bonds is 5. The zero-order chi connectivity index (χ0) is 18.7. The topological polar surface area (TPSA) is 44.2 Å². The van der Waals surface area contributed by atoms with E-state index >= 15 is 0 Å². The van der Waals surface area contributed by atoms with Gasteiger partial charge in [-0.15, -0.1) is 0 Å². The number of nitrogens with zero attached hydrogens (tertiary/aromatic N) is 2. The normalized spacial score (nSPS) is 11.3. The Morgan fingerprint density at radius 1 is 1.04 bits per heavy atom. The summed E-state index contributed by atoms with van der Waals surface area (Å²) in [5, 5.41) is 0.356. The highest BCUT2D eigenvalue weighted by Crippen LogP contribution is 2.40. The molecule has 0 aliphatic heterocycles. The van der Waals surface area contributed by atoms with Crippen LogP contribution in [0.5, 0.6) is 17.4 Å². The zero-order valence-corrected chi connectivity index (χ0v) is 14.8. The molecule has 0 spiro atoms. The predicted octanol–water partition coefficient (Wildman–Crippen LogP) is 5.71. The summed E-state index contributed by atoms with van der Waals surface area (Å²) in [4.78, 5) is 8.31. The smallest absolute Gasteiger partial charge is 0.270 e. The van der Waals surface area contributed by atoms with Crippen molar-refractivity contribution in [2.45, 2.75) is 12.8 Å². The second kappa shape index (κ2) is 7.25. The molecule has 0 aliphatic carbocycles. The molecule has 26 heavy (non-hydrogen) atoms. The number of methoxy groups -OCH3 is 1. The number of hydrogen-bond donors (Lipinski definition) is 0. The molecule has 4 nitrogen and oxygen atoms in total. The third-order valence-corrected chi connectivity index (χ3v) is 3.96. The van der Waals surface area contributed by atoms with Crippen molar-refractivity contribution < 1.29 is 18.3 Å². The highest BCUT2D eigenvalue weighted by Gasteiger charge is 2.24. The standard InChI is InChI=1S/C19H15ClF2N2O2/c1-19(21,22)12-5-7-13(8-6-12)26-18-14(4-3-9-24-18)15-10-23-11-16(20)17(15)25-2/h3-11H,1-2H3. The first-order chi connectivity index (χ1) is 12.4. The third-order valence-electron chi connectivity index (χ3n) is 3.69. The van der Waals surface area contributed by atoms with Crippen LogP contribution in [0.2, 0.25) is 5.02 Å². The Bertz CT molecular complexity index is 912. The summed E-state index contributed by atoms with van der Waals surface area (Å²) in [7, 11) is 1.51. The fourth-order valence-electron chi connectivity index (χ4n) is 2.43. The summed E-state index contributed by atoms with van der Waals surface area (Å²) in [6.45, 7) is 0.845. The monoisotopic (exact) mass is 376 g/mol. The number of hydrogen-bond acceptors (Lipinski definition) is 4. The Morgan fingerprint density at radius 2 is 1.77 bits per heavy atom. The first-order valence-electron chi connectivity index (χ1n) is 7.69. The van der Waals surface area contributed by atoms with Gasteiger partial charge in [0.1, 0.15) is 16.5 Å². The van der Waals surface area contributed by atoms with E-state index in [9.17, 15) is 8.78 Å². The van der Waals surface area contributed by atoms with Crippen molar-refractivity contribution >= 4 is 11.6 Å². The van der Waals surface area contributed by atoms with Crippen LogP contribution in [0.25, 0.3) is 11.1 Å². The van der Waals surface area contributed by atoms with Gasteiger partial charge in [0.25, 0.3) is 5.92 Å². The molecule has 0 saturated carbocycles. The Labute approximate surface area is 154 Å². The molecule has 2 heterocycles. The largest absolute Gasteiger partial charge is 0.494 e. The molecular weight excluding hydrogens is 362 g/mol. The van der Waals surface area contributed by atoms with Gasteiger partial charge in [-0.05, 0) is 36.4 Å². The fourth-order valence-corrected chi connectivity index (χ4v) is 2.66. The number of aromatic nitrogens is 2. The van der Waals surface area contributed by atoms with E-state index in [4.69, 9.17) is 21.1 Å². The second-order valence-corrected chi connectivity index (χ2v) is 5.98. The Balaban J connectivity index is 1.97. The van der Waals surface area contributed by atoms with Crippen LogP contribution in [0.1, 0.15) is 12.5 Å². The highest BCUT2D eigenvalue weighted by molar-refractivity contribution is 6.32. The molecule has 0 aliphatic rings. The van der Waals surface area contributed by atoms with Crippen molar-refractivity contribution in [1.82, 2.24) is 9.97 Å². The quantitative estimate of drug-likeness (QED) is 0.572. The van der Waals surface area contributed by atoms with Gasteiger partial charge in [-0.2, -0.15) is 0 Å². The third kappa shape index (κ3) is 3.75. The van der Waals surface area contributed by atoms with Crippen molar-refractivity contribution in [2.24, 2.45) is 0 Å². The lowest BCUT2D eigenvalue weighted by molar-refractivity contribution is 0.0174. The molecule has 3 rings (SSSR count). The van der Waals surface area contributed by atoms with Gasteiger partial charge in [-0.3, -0.25) is 4.98 Å². The van der Waals surface area contributed by atoms with Crippen molar-refractivity contribution in [2.75, 3.05) is 7.11 Å². The molecule has 0 radical (unpaired) electrons. The Morgan fingerprint density at radius 3 is 2.42 bits per heavy atom. The Hall–Kier alpha value is -2.73. The maximum absolute atomic E-state index is 13.3. The van der Waals surface area contributed by atoms with E-state index in [0.29, 0.717) is 27.6 Å². The van der Waals surface area contributed by atoms with Crippen LogP contribution in [-0.2, 0) is 5.92 Å². The van der Waals surface area contributed by atoms with Crippen molar-refractivity contribution in [1.29, 1.82) is 0 Å². The van der Waals surface area contributed by atoms with Crippen molar-refractivity contribution in [3.8, 4) is 28.5 Å². The van der Waals surface area contributed by atoms with Gasteiger partial charge in [0.15, 0.2) is 0 Å². The molecule has 7 heteroatoms. The lowest BCUT2D eigenvalue weighted by Crippen LogP contribution is -2.06. The molecule has 134 valence electrons. The summed E-state index contributed by atoms with van der Waals surface area (Å²) < 4.78 is 37.8. The van der Waals surface area contributed by atoms with E-state index in [1.165, 1.54) is 37.6 Å². The van der Waals surface area contributed by atoms with Crippen LogP contribution in [0.3, 0.4) is 0 Å². The molecule has 2 aromatic heterocycles. The first-order valence-corrected chi connectivity index (χ1v) is 8.07. The average Bonchev–Trinajstić information content (AvgIpc) is 2.62. The summed E-state index contributed by atoms with van der Waals surface area (Å²) in [6, 6.07) is 9.10. The van der Waals surface area contributed by atoms with E-state index in [1.807, 2.05) is 0 Å². The van der Waals surface area contributed by atoms with E-state index < -0.39 is 5.92 Å². The average molecular weight is 377 g/mol. The van der Waals surface area contributed by atoms with E-state index in [0.717, 1.165) is 6.92 Å². The van der Waals surface area contributed by atoms with Crippen molar-refractivity contribution in [3.05, 3.63) is 65.6 Å². The van der Waals surface area contributed by atoms with Gasteiger partial charge in [-0.25, -0.2) is 13.8 Å². The lowest BCUT2D eigenvalue weighted by Gasteiger charge is -2.14. The van der Waals surface area contributed by atoms with Crippen LogP contribution < -0.4 is 9.47 Å². The molecular formula is C19H15ClF2N2O2. The molecule has 0 fully saturated rings. The molecule has 0 amide bonds. The molecule has 0 unspecified atom stereocenters. The van der Waals surface area contributed by atoms with Crippen LogP contribution in [-0.4, -0.2) is 17.1 Å². The maximum Gasteiger partial charge on any atom is 0.270 e. The summed E-state index contributed by atoms with van der Waals surface area (Å²) >= 11 is 6.13. The first kappa shape index (κ1) is 18.1. The zero-order valence-electron chi connectivity index (χ0n) is 14.0. The number of benzene rings is 1. The fraction of sp³-hybridized carbons (Fsp3) is 0.158. The molecule has 0 bridgehead atoms. The minimum atomic E-state index is -2.91. The number of halogens is 3. The molecule has 3 aromatic rings.